The van der Waals surface area contributed by atoms with Gasteiger partial charge in [0.05, 0.1) is 0 Å². The molecular weight excluding hydrogens is 180 g/mol. The van der Waals surface area contributed by atoms with Crippen LogP contribution in [-0.2, 0) is 9.59 Å². The van der Waals surface area contributed by atoms with E-state index in [1.165, 1.54) is 0 Å². The fourth-order valence-corrected chi connectivity index (χ4v) is 0.454. The number of aliphatic hydroxyl groups is 1. The van der Waals surface area contributed by atoms with Crippen molar-refractivity contribution in [1.82, 2.24) is 0 Å². The van der Waals surface area contributed by atoms with Gasteiger partial charge in [-0.05, 0) is 21.3 Å². The van der Waals surface area contributed by atoms with E-state index in [-0.39, 0.29) is 0 Å². The van der Waals surface area contributed by atoms with Crippen molar-refractivity contribution in [3.8, 4) is 0 Å². The van der Waals surface area contributed by atoms with Crippen molar-refractivity contribution in [3.63, 3.8) is 0 Å². The largest absolute Gasteiger partial charge is 0.385 e. The molecule has 1 N–H and O–H groups in total. The Morgan fingerprint density at radius 3 is 2.31 bits per heavy atom. The van der Waals surface area contributed by atoms with Gasteiger partial charge in [0.25, 0.3) is 0 Å². The van der Waals surface area contributed by atoms with E-state index in [1.54, 1.807) is 0 Å². The summed E-state index contributed by atoms with van der Waals surface area (Å²) in [5, 5.41) is 14.0. The van der Waals surface area contributed by atoms with Crippen LogP contribution in [0.15, 0.2) is 10.2 Å². The maximum atomic E-state index is 10.5. The third-order valence-electron chi connectivity index (χ3n) is 0.953. The predicted molar refractivity (Wildman–Crippen MR) is 38.9 cm³/mol. The lowest BCUT2D eigenvalue weighted by molar-refractivity contribution is -0.131. The molecule has 0 fully saturated rings. The van der Waals surface area contributed by atoms with Crippen LogP contribution in [0, 0.1) is 0 Å². The molecule has 0 aromatic heterocycles. The summed E-state index contributed by atoms with van der Waals surface area (Å²) in [4.78, 5) is 25.3. The normalized spacial score (nSPS) is 10.5. The van der Waals surface area contributed by atoms with E-state index in [0.717, 1.165) is 0 Å². The minimum atomic E-state index is -1.76. The van der Waals surface area contributed by atoms with Crippen molar-refractivity contribution < 1.29 is 14.7 Å². The quantitative estimate of drug-likeness (QED) is 0.383. The summed E-state index contributed by atoms with van der Waals surface area (Å²) >= 11 is 0. The maximum Gasteiger partial charge on any atom is 0.247 e. The number of nitrogens with zero attached hydrogens (tertiary/aromatic N) is 6. The molecule has 0 saturated carbocycles. The zero-order valence-electron chi connectivity index (χ0n) is 6.23. The fourth-order valence-electron chi connectivity index (χ4n) is 0.454. The van der Waals surface area contributed by atoms with Gasteiger partial charge in [0, 0.05) is 16.2 Å². The molecule has 0 aromatic rings. The molecule has 0 aliphatic heterocycles. The molecule has 0 aromatic carbocycles. The summed E-state index contributed by atoms with van der Waals surface area (Å²) in [5.41, 5.74) is 15.6. The number of aliphatic hydroxyl groups excluding tert-OH is 1. The minimum absolute atomic E-state index is 0.693. The van der Waals surface area contributed by atoms with Crippen LogP contribution < -0.4 is 0 Å². The topological polar surface area (TPSA) is 152 Å². The summed E-state index contributed by atoms with van der Waals surface area (Å²) in [5.74, 6) is -2.19. The summed E-state index contributed by atoms with van der Waals surface area (Å²) in [7, 11) is 0. The van der Waals surface area contributed by atoms with Crippen LogP contribution in [0.1, 0.15) is 6.42 Å². The van der Waals surface area contributed by atoms with Gasteiger partial charge in [-0.3, -0.25) is 9.59 Å². The third kappa shape index (κ3) is 4.38. The molecule has 0 aliphatic carbocycles. The first-order chi connectivity index (χ1) is 6.11. The number of amides is 2. The van der Waals surface area contributed by atoms with Crippen molar-refractivity contribution in [2.75, 3.05) is 0 Å². The van der Waals surface area contributed by atoms with Crippen molar-refractivity contribution in [3.05, 3.63) is 20.9 Å². The number of carbonyl (C=O) groups is 2. The molecule has 9 heteroatoms. The van der Waals surface area contributed by atoms with Gasteiger partial charge >= 0.3 is 0 Å². The molecule has 0 radical (unpaired) electrons. The third-order valence-corrected chi connectivity index (χ3v) is 0.953. The van der Waals surface area contributed by atoms with Crippen LogP contribution in [0.25, 0.3) is 20.9 Å². The Balaban J connectivity index is 4.22. The van der Waals surface area contributed by atoms with Gasteiger partial charge in [0.1, 0.15) is 6.10 Å². The van der Waals surface area contributed by atoms with Crippen molar-refractivity contribution in [2.24, 2.45) is 10.2 Å². The van der Waals surface area contributed by atoms with Gasteiger partial charge in [-0.1, -0.05) is 0 Å². The van der Waals surface area contributed by atoms with Crippen LogP contribution in [-0.4, -0.2) is 23.0 Å². The molecule has 0 rings (SSSR count). The molecular formula is C4H4N6O3. The minimum Gasteiger partial charge on any atom is -0.385 e. The van der Waals surface area contributed by atoms with Gasteiger partial charge in [-0.2, -0.15) is 0 Å². The second kappa shape index (κ2) is 5.56. The Morgan fingerprint density at radius 1 is 1.31 bits per heavy atom. The number of hydrogen-bond acceptors (Lipinski definition) is 3. The number of azide groups is 2. The molecule has 0 spiro atoms. The van der Waals surface area contributed by atoms with E-state index < -0.39 is 24.3 Å². The van der Waals surface area contributed by atoms with E-state index >= 15 is 0 Å². The molecule has 0 bridgehead atoms. The first-order valence-electron chi connectivity index (χ1n) is 2.96. The Labute approximate surface area is 71.2 Å². The van der Waals surface area contributed by atoms with Crippen LogP contribution in [0.3, 0.4) is 0 Å². The number of hydrogen-bond donors (Lipinski definition) is 1. The molecule has 1 unspecified atom stereocenters. The summed E-state index contributed by atoms with van der Waals surface area (Å²) in [6, 6.07) is 0. The zero-order valence-corrected chi connectivity index (χ0v) is 6.23. The maximum absolute atomic E-state index is 10.5. The number of carbonyl (C=O) groups excluding carboxylic acids is 2. The van der Waals surface area contributed by atoms with E-state index in [9.17, 15) is 9.59 Å². The second-order valence-corrected chi connectivity index (χ2v) is 1.83. The standard InChI is InChI=1S/C4H4N6O3/c5-9-7-3(12)1-2(11)4(13)8-10-6/h2,11H,1H2. The SMILES string of the molecule is [N-]=[N+]=NC(=O)CC(O)C(=O)N=[N+]=[N-]. The zero-order chi connectivity index (χ0) is 10.3. The van der Waals surface area contributed by atoms with Crippen LogP contribution in [0.5, 0.6) is 0 Å². The Bertz CT molecular complexity index is 312. The Morgan fingerprint density at radius 2 is 1.85 bits per heavy atom. The molecule has 0 heterocycles. The van der Waals surface area contributed by atoms with Crippen molar-refractivity contribution in [1.29, 1.82) is 0 Å². The van der Waals surface area contributed by atoms with E-state index in [4.69, 9.17) is 16.2 Å². The van der Waals surface area contributed by atoms with E-state index in [2.05, 4.69) is 20.1 Å². The Hall–Kier alpha value is -2.08. The lowest BCUT2D eigenvalue weighted by Gasteiger charge is -2.00. The van der Waals surface area contributed by atoms with Gasteiger partial charge in [0.2, 0.25) is 11.8 Å². The Kier molecular flexibility index (Phi) is 4.67. The molecule has 1 atom stereocenters. The van der Waals surface area contributed by atoms with Crippen molar-refractivity contribution >= 4 is 11.8 Å². The average Bonchev–Trinajstić information content (AvgIpc) is 2.05. The lowest BCUT2D eigenvalue weighted by atomic mass is 10.2. The van der Waals surface area contributed by atoms with E-state index in [0.29, 0.717) is 0 Å². The van der Waals surface area contributed by atoms with Gasteiger partial charge < -0.3 is 5.11 Å². The van der Waals surface area contributed by atoms with Crippen LogP contribution >= 0.6 is 0 Å². The average molecular weight is 184 g/mol. The first kappa shape index (κ1) is 10.9. The van der Waals surface area contributed by atoms with Crippen LogP contribution in [0.4, 0.5) is 0 Å². The highest BCUT2D eigenvalue weighted by molar-refractivity contribution is 5.87. The summed E-state index contributed by atoms with van der Waals surface area (Å²) in [6.45, 7) is 0. The summed E-state index contributed by atoms with van der Waals surface area (Å²) in [6.07, 6.45) is -2.45. The second-order valence-electron chi connectivity index (χ2n) is 1.83. The molecule has 2 amide bonds. The lowest BCUT2D eigenvalue weighted by Crippen LogP contribution is -2.20. The monoisotopic (exact) mass is 184 g/mol. The summed E-state index contributed by atoms with van der Waals surface area (Å²) < 4.78 is 0. The highest BCUT2D eigenvalue weighted by Gasteiger charge is 2.16. The first-order valence-corrected chi connectivity index (χ1v) is 2.96. The molecule has 13 heavy (non-hydrogen) atoms. The highest BCUT2D eigenvalue weighted by Crippen LogP contribution is 1.97. The van der Waals surface area contributed by atoms with Crippen LogP contribution in [0.2, 0.25) is 0 Å². The van der Waals surface area contributed by atoms with Gasteiger partial charge in [0.15, 0.2) is 0 Å². The van der Waals surface area contributed by atoms with Gasteiger partial charge in [-0.15, -0.1) is 0 Å². The van der Waals surface area contributed by atoms with Crippen molar-refractivity contribution in [2.45, 2.75) is 12.5 Å². The number of rotatable bonds is 3. The fraction of sp³-hybridized carbons (Fsp3) is 0.500. The van der Waals surface area contributed by atoms with E-state index in [1.807, 2.05) is 0 Å². The smallest absolute Gasteiger partial charge is 0.247 e. The molecule has 9 nitrogen and oxygen atoms in total. The predicted octanol–water partition coefficient (Wildman–Crippen LogP) is 0.411. The molecule has 0 saturated heterocycles. The molecule has 0 aliphatic rings. The van der Waals surface area contributed by atoms with Gasteiger partial charge in [-0.25, -0.2) is 0 Å². The molecule has 68 valence electrons. The highest BCUT2D eigenvalue weighted by atomic mass is 16.3.